The summed E-state index contributed by atoms with van der Waals surface area (Å²) in [7, 11) is 0. The zero-order valence-corrected chi connectivity index (χ0v) is 16.5. The lowest BCUT2D eigenvalue weighted by Gasteiger charge is -2.16. The van der Waals surface area contributed by atoms with E-state index in [9.17, 15) is 4.39 Å². The van der Waals surface area contributed by atoms with E-state index in [4.69, 9.17) is 4.74 Å². The highest BCUT2D eigenvalue weighted by Crippen LogP contribution is 2.30. The van der Waals surface area contributed by atoms with Gasteiger partial charge in [0, 0.05) is 23.4 Å². The smallest absolute Gasteiger partial charge is 0.129 e. The van der Waals surface area contributed by atoms with Crippen LogP contribution in [0.25, 0.3) is 10.8 Å². The highest BCUT2D eigenvalue weighted by molar-refractivity contribution is 5.88. The first-order valence-electron chi connectivity index (χ1n) is 9.94. The van der Waals surface area contributed by atoms with Crippen LogP contribution in [0.2, 0.25) is 0 Å². The van der Waals surface area contributed by atoms with Crippen LogP contribution in [-0.2, 0) is 19.6 Å². The molecule has 4 rings (SSSR count). The second kappa shape index (κ2) is 8.78. The average molecular weight is 385 g/mol. The summed E-state index contributed by atoms with van der Waals surface area (Å²) in [6.45, 7) is 2.97. The molecule has 0 amide bonds. The first kappa shape index (κ1) is 19.0. The molecule has 3 heteroatoms. The first-order chi connectivity index (χ1) is 14.2. The predicted molar refractivity (Wildman–Crippen MR) is 118 cm³/mol. The van der Waals surface area contributed by atoms with Crippen LogP contribution in [0.3, 0.4) is 0 Å². The van der Waals surface area contributed by atoms with Crippen molar-refractivity contribution in [2.75, 3.05) is 5.32 Å². The SMILES string of the molecule is CCc1ccc(NCc2c(OCc3ccccc3F)ccc3ccccc23)cc1. The number of ether oxygens (including phenoxy) is 1. The Morgan fingerprint density at radius 3 is 2.38 bits per heavy atom. The molecule has 29 heavy (non-hydrogen) atoms. The zero-order chi connectivity index (χ0) is 20.1. The molecule has 0 aromatic heterocycles. The molecule has 4 aromatic carbocycles. The lowest BCUT2D eigenvalue weighted by atomic mass is 10.0. The van der Waals surface area contributed by atoms with E-state index in [1.54, 1.807) is 12.1 Å². The van der Waals surface area contributed by atoms with Crippen molar-refractivity contribution in [3.63, 3.8) is 0 Å². The normalized spacial score (nSPS) is 10.8. The molecule has 0 aliphatic heterocycles. The molecule has 2 nitrogen and oxygen atoms in total. The van der Waals surface area contributed by atoms with E-state index in [2.05, 4.69) is 48.6 Å². The number of benzene rings is 4. The molecule has 146 valence electrons. The molecule has 0 aliphatic carbocycles. The molecule has 0 spiro atoms. The summed E-state index contributed by atoms with van der Waals surface area (Å²) in [5, 5.41) is 5.79. The molecule has 0 radical (unpaired) electrons. The Bertz CT molecular complexity index is 1110. The van der Waals surface area contributed by atoms with E-state index in [1.165, 1.54) is 11.6 Å². The third kappa shape index (κ3) is 4.40. The van der Waals surface area contributed by atoms with Gasteiger partial charge in [0.15, 0.2) is 0 Å². The van der Waals surface area contributed by atoms with Crippen molar-refractivity contribution in [2.24, 2.45) is 0 Å². The van der Waals surface area contributed by atoms with Gasteiger partial charge >= 0.3 is 0 Å². The molecule has 4 aromatic rings. The fraction of sp³-hybridized carbons (Fsp3) is 0.154. The molecular weight excluding hydrogens is 361 g/mol. The van der Waals surface area contributed by atoms with E-state index in [0.717, 1.165) is 34.2 Å². The minimum atomic E-state index is -0.246. The lowest BCUT2D eigenvalue weighted by Crippen LogP contribution is -2.05. The van der Waals surface area contributed by atoms with E-state index in [0.29, 0.717) is 12.1 Å². The van der Waals surface area contributed by atoms with Crippen LogP contribution in [0.4, 0.5) is 10.1 Å². The van der Waals surface area contributed by atoms with Gasteiger partial charge in [0.2, 0.25) is 0 Å². The first-order valence-corrected chi connectivity index (χ1v) is 9.94. The number of aryl methyl sites for hydroxylation is 1. The third-order valence-electron chi connectivity index (χ3n) is 5.17. The number of nitrogens with one attached hydrogen (secondary N) is 1. The van der Waals surface area contributed by atoms with Gasteiger partial charge in [-0.05, 0) is 47.0 Å². The van der Waals surface area contributed by atoms with Gasteiger partial charge in [-0.3, -0.25) is 0 Å². The highest BCUT2D eigenvalue weighted by Gasteiger charge is 2.10. The van der Waals surface area contributed by atoms with Crippen LogP contribution < -0.4 is 10.1 Å². The number of anilines is 1. The van der Waals surface area contributed by atoms with E-state index in [-0.39, 0.29) is 12.4 Å². The van der Waals surface area contributed by atoms with Gasteiger partial charge in [-0.2, -0.15) is 0 Å². The van der Waals surface area contributed by atoms with Crippen molar-refractivity contribution in [2.45, 2.75) is 26.5 Å². The van der Waals surface area contributed by atoms with Crippen LogP contribution in [-0.4, -0.2) is 0 Å². The van der Waals surface area contributed by atoms with Crippen molar-refractivity contribution in [3.8, 4) is 5.75 Å². The van der Waals surface area contributed by atoms with Crippen LogP contribution in [0, 0.1) is 5.82 Å². The molecule has 1 N–H and O–H groups in total. The molecule has 0 atom stereocenters. The van der Waals surface area contributed by atoms with E-state index < -0.39 is 0 Å². The molecule has 0 bridgehead atoms. The third-order valence-corrected chi connectivity index (χ3v) is 5.17. The van der Waals surface area contributed by atoms with Gasteiger partial charge in [-0.25, -0.2) is 4.39 Å². The quantitative estimate of drug-likeness (QED) is 0.381. The van der Waals surface area contributed by atoms with Gasteiger partial charge in [0.1, 0.15) is 18.2 Å². The van der Waals surface area contributed by atoms with Gasteiger partial charge in [-0.15, -0.1) is 0 Å². The summed E-state index contributed by atoms with van der Waals surface area (Å²) in [6, 6.07) is 27.5. The zero-order valence-electron chi connectivity index (χ0n) is 16.5. The number of fused-ring (bicyclic) bond motifs is 1. The largest absolute Gasteiger partial charge is 0.488 e. The maximum atomic E-state index is 14.0. The standard InChI is InChI=1S/C26H24FNO/c1-2-19-11-14-22(15-12-19)28-17-24-23-9-5-3-7-20(23)13-16-26(24)29-18-21-8-4-6-10-25(21)27/h3-16,28H,2,17-18H2,1H3. The van der Waals surface area contributed by atoms with Crippen molar-refractivity contribution < 1.29 is 9.13 Å². The Balaban J connectivity index is 1.60. The van der Waals surface area contributed by atoms with Crippen molar-refractivity contribution in [1.29, 1.82) is 0 Å². The number of hydrogen-bond acceptors (Lipinski definition) is 2. The summed E-state index contributed by atoms with van der Waals surface area (Å²) < 4.78 is 20.0. The van der Waals surface area contributed by atoms with Crippen molar-refractivity contribution in [3.05, 3.63) is 107 Å². The Labute approximate surface area is 171 Å². The minimum Gasteiger partial charge on any atom is -0.488 e. The fourth-order valence-corrected chi connectivity index (χ4v) is 3.45. The molecule has 0 unspecified atom stereocenters. The van der Waals surface area contributed by atoms with Gasteiger partial charge < -0.3 is 10.1 Å². The Kier molecular flexibility index (Phi) is 5.76. The number of hydrogen-bond donors (Lipinski definition) is 1. The molecule has 0 fully saturated rings. The summed E-state index contributed by atoms with van der Waals surface area (Å²) in [4.78, 5) is 0. The maximum absolute atomic E-state index is 14.0. The number of rotatable bonds is 7. The molecule has 0 heterocycles. The molecule has 0 saturated carbocycles. The second-order valence-electron chi connectivity index (χ2n) is 7.05. The predicted octanol–water partition coefficient (Wildman–Crippen LogP) is 6.73. The molecule has 0 aliphatic rings. The van der Waals surface area contributed by atoms with Crippen LogP contribution in [0.15, 0.2) is 84.9 Å². The van der Waals surface area contributed by atoms with Crippen molar-refractivity contribution >= 4 is 16.5 Å². The topological polar surface area (TPSA) is 21.3 Å². The molecule has 0 saturated heterocycles. The average Bonchev–Trinajstić information content (AvgIpc) is 2.77. The minimum absolute atomic E-state index is 0.198. The second-order valence-corrected chi connectivity index (χ2v) is 7.05. The number of halogens is 1. The summed E-state index contributed by atoms with van der Waals surface area (Å²) in [6.07, 6.45) is 1.03. The van der Waals surface area contributed by atoms with Crippen molar-refractivity contribution in [1.82, 2.24) is 0 Å². The van der Waals surface area contributed by atoms with E-state index >= 15 is 0 Å². The molecular formula is C26H24FNO. The van der Waals surface area contributed by atoms with Gasteiger partial charge in [0.05, 0.1) is 0 Å². The van der Waals surface area contributed by atoms with E-state index in [1.807, 2.05) is 30.3 Å². The monoisotopic (exact) mass is 385 g/mol. The van der Waals surface area contributed by atoms with Crippen LogP contribution in [0.1, 0.15) is 23.6 Å². The van der Waals surface area contributed by atoms with Crippen LogP contribution >= 0.6 is 0 Å². The Morgan fingerprint density at radius 1 is 0.828 bits per heavy atom. The van der Waals surface area contributed by atoms with Gasteiger partial charge in [0.25, 0.3) is 0 Å². The lowest BCUT2D eigenvalue weighted by molar-refractivity contribution is 0.297. The highest BCUT2D eigenvalue weighted by atomic mass is 19.1. The summed E-state index contributed by atoms with van der Waals surface area (Å²) in [5.41, 5.74) is 4.00. The summed E-state index contributed by atoms with van der Waals surface area (Å²) in [5.74, 6) is 0.522. The fourth-order valence-electron chi connectivity index (χ4n) is 3.45. The maximum Gasteiger partial charge on any atom is 0.129 e. The summed E-state index contributed by atoms with van der Waals surface area (Å²) >= 11 is 0. The van der Waals surface area contributed by atoms with Crippen LogP contribution in [0.5, 0.6) is 5.75 Å². The van der Waals surface area contributed by atoms with Gasteiger partial charge in [-0.1, -0.05) is 67.6 Å². The Hall–Kier alpha value is -3.33. The Morgan fingerprint density at radius 2 is 1.59 bits per heavy atom.